The lowest BCUT2D eigenvalue weighted by molar-refractivity contribution is -0.0706. The molecule has 0 amide bonds. The number of methoxy groups -OCH3 is 1. The molecule has 1 heterocycles. The van der Waals surface area contributed by atoms with E-state index in [2.05, 4.69) is 5.10 Å². The smallest absolute Gasteiger partial charge is 0.185 e. The van der Waals surface area contributed by atoms with Crippen LogP contribution in [-0.2, 0) is 11.3 Å². The van der Waals surface area contributed by atoms with Crippen LogP contribution in [0.25, 0.3) is 0 Å². The minimum absolute atomic E-state index is 0.0211. The highest BCUT2D eigenvalue weighted by Crippen LogP contribution is 2.39. The van der Waals surface area contributed by atoms with Gasteiger partial charge in [0, 0.05) is 20.1 Å². The molecule has 1 aromatic heterocycles. The number of ketones is 1. The van der Waals surface area contributed by atoms with Gasteiger partial charge >= 0.3 is 0 Å². The van der Waals surface area contributed by atoms with Gasteiger partial charge in [-0.05, 0) is 33.4 Å². The minimum atomic E-state index is -0.281. The molecule has 1 saturated carbocycles. The number of hydrogen-bond donors (Lipinski definition) is 0. The van der Waals surface area contributed by atoms with Crippen molar-refractivity contribution in [2.24, 2.45) is 0 Å². The summed E-state index contributed by atoms with van der Waals surface area (Å²) in [5.74, 6) is 0.0211. The van der Waals surface area contributed by atoms with E-state index in [4.69, 9.17) is 16.3 Å². The van der Waals surface area contributed by atoms with Crippen molar-refractivity contribution in [2.45, 2.75) is 37.8 Å². The van der Waals surface area contributed by atoms with Gasteiger partial charge in [-0.3, -0.25) is 9.48 Å². The van der Waals surface area contributed by atoms with Crippen molar-refractivity contribution in [3.8, 4) is 0 Å². The van der Waals surface area contributed by atoms with Crippen LogP contribution in [0.5, 0.6) is 0 Å². The molecule has 1 aliphatic rings. The molecule has 0 bridgehead atoms. The summed E-state index contributed by atoms with van der Waals surface area (Å²) in [6, 6.07) is 0. The molecule has 1 fully saturated rings. The van der Waals surface area contributed by atoms with Gasteiger partial charge in [0.05, 0.1) is 23.4 Å². The number of aromatic nitrogens is 2. The van der Waals surface area contributed by atoms with Crippen molar-refractivity contribution in [1.82, 2.24) is 14.7 Å². The van der Waals surface area contributed by atoms with Crippen LogP contribution in [0.2, 0.25) is 5.02 Å². The maximum absolute atomic E-state index is 12.5. The van der Waals surface area contributed by atoms with E-state index in [0.29, 0.717) is 23.7 Å². The van der Waals surface area contributed by atoms with Gasteiger partial charge in [-0.25, -0.2) is 0 Å². The highest BCUT2D eigenvalue weighted by atomic mass is 35.5. The van der Waals surface area contributed by atoms with Crippen LogP contribution in [0.3, 0.4) is 0 Å². The molecule has 1 aromatic rings. The maximum atomic E-state index is 12.5. The molecule has 0 aliphatic heterocycles. The summed E-state index contributed by atoms with van der Waals surface area (Å²) in [4.78, 5) is 14.6. The van der Waals surface area contributed by atoms with Gasteiger partial charge in [-0.15, -0.1) is 0 Å². The largest absolute Gasteiger partial charge is 0.378 e. The monoisotopic (exact) mass is 299 g/mol. The summed E-state index contributed by atoms with van der Waals surface area (Å²) in [5, 5.41) is 4.63. The van der Waals surface area contributed by atoms with E-state index < -0.39 is 0 Å². The van der Waals surface area contributed by atoms with E-state index in [0.717, 1.165) is 25.8 Å². The second kappa shape index (κ2) is 6.24. The van der Waals surface area contributed by atoms with E-state index >= 15 is 0 Å². The Balaban J connectivity index is 2.10. The van der Waals surface area contributed by atoms with Gasteiger partial charge in [0.2, 0.25) is 0 Å². The second-order valence-electron chi connectivity index (χ2n) is 5.71. The molecular weight excluding hydrogens is 278 g/mol. The predicted octanol–water partition coefficient (Wildman–Crippen LogP) is 2.24. The van der Waals surface area contributed by atoms with Crippen LogP contribution in [0, 0.1) is 0 Å². The van der Waals surface area contributed by atoms with Crippen molar-refractivity contribution >= 4 is 17.4 Å². The fourth-order valence-corrected chi connectivity index (χ4v) is 2.75. The molecule has 0 radical (unpaired) electrons. The summed E-state index contributed by atoms with van der Waals surface area (Å²) >= 11 is 6.13. The van der Waals surface area contributed by atoms with Crippen molar-refractivity contribution in [2.75, 3.05) is 27.7 Å². The first-order valence-corrected chi connectivity index (χ1v) is 7.30. The maximum Gasteiger partial charge on any atom is 0.185 e. The highest BCUT2D eigenvalue weighted by Gasteiger charge is 2.40. The number of rotatable bonds is 7. The minimum Gasteiger partial charge on any atom is -0.378 e. The van der Waals surface area contributed by atoms with Gasteiger partial charge in [0.25, 0.3) is 0 Å². The quantitative estimate of drug-likeness (QED) is 0.725. The Morgan fingerprint density at radius 2 is 2.25 bits per heavy atom. The van der Waals surface area contributed by atoms with Gasteiger partial charge in [-0.1, -0.05) is 11.6 Å². The number of ether oxygens (including phenoxy) is 1. The Kier molecular flexibility index (Phi) is 4.83. The molecule has 2 rings (SSSR count). The number of likely N-dealkylation sites (N-methyl/N-ethyl adjacent to an activating group) is 1. The molecule has 20 heavy (non-hydrogen) atoms. The Labute approximate surface area is 124 Å². The summed E-state index contributed by atoms with van der Waals surface area (Å²) in [6.07, 6.45) is 4.94. The number of Topliss-reactive ketones (excluding diaryl/α,β-unsaturated/α-hetero) is 1. The van der Waals surface area contributed by atoms with E-state index in [1.165, 1.54) is 0 Å². The Morgan fingerprint density at radius 1 is 1.55 bits per heavy atom. The highest BCUT2D eigenvalue weighted by molar-refractivity contribution is 6.33. The Hall–Kier alpha value is -0.910. The third kappa shape index (κ3) is 3.22. The summed E-state index contributed by atoms with van der Waals surface area (Å²) in [6.45, 7) is 1.47. The van der Waals surface area contributed by atoms with E-state index in [1.54, 1.807) is 18.0 Å². The Bertz CT molecular complexity index is 475. The second-order valence-corrected chi connectivity index (χ2v) is 6.12. The number of nitrogens with zero attached hydrogens (tertiary/aromatic N) is 3. The normalized spacial score (nSPS) is 17.2. The zero-order valence-electron chi connectivity index (χ0n) is 12.4. The van der Waals surface area contributed by atoms with Gasteiger partial charge < -0.3 is 9.64 Å². The van der Waals surface area contributed by atoms with Crippen molar-refractivity contribution in [3.05, 3.63) is 16.9 Å². The topological polar surface area (TPSA) is 47.4 Å². The van der Waals surface area contributed by atoms with Crippen LogP contribution >= 0.6 is 11.6 Å². The predicted molar refractivity (Wildman–Crippen MR) is 78.3 cm³/mol. The molecule has 112 valence electrons. The molecule has 0 saturated heterocycles. The summed E-state index contributed by atoms with van der Waals surface area (Å²) < 4.78 is 7.22. The lowest BCUT2D eigenvalue weighted by Gasteiger charge is -2.40. The molecule has 1 aliphatic carbocycles. The number of carbonyl (C=O) groups excluding carboxylic acids is 1. The van der Waals surface area contributed by atoms with E-state index in [1.807, 2.05) is 19.0 Å². The molecule has 0 unspecified atom stereocenters. The van der Waals surface area contributed by atoms with E-state index in [9.17, 15) is 4.79 Å². The first-order valence-electron chi connectivity index (χ1n) is 6.92. The average Bonchev–Trinajstić information content (AvgIpc) is 2.72. The first kappa shape index (κ1) is 15.5. The molecular formula is C14H22ClN3O2. The summed E-state index contributed by atoms with van der Waals surface area (Å²) in [7, 11) is 5.65. The van der Waals surface area contributed by atoms with E-state index in [-0.39, 0.29) is 11.4 Å². The molecule has 0 atom stereocenters. The van der Waals surface area contributed by atoms with Crippen LogP contribution in [0.4, 0.5) is 0 Å². The van der Waals surface area contributed by atoms with Crippen LogP contribution in [0.15, 0.2) is 6.20 Å². The average molecular weight is 300 g/mol. The molecule has 0 N–H and O–H groups in total. The molecule has 0 spiro atoms. The SMILES string of the molecule is COC1(CC(=O)c2c(Cl)cnn2CCN(C)C)CCC1. The number of carbonyl (C=O) groups is 1. The lowest BCUT2D eigenvalue weighted by Crippen LogP contribution is -2.41. The molecule has 0 aromatic carbocycles. The standard InChI is InChI=1S/C14H22ClN3O2/c1-17(2)7-8-18-13(11(15)10-16-18)12(19)9-14(20-3)5-4-6-14/h10H,4-9H2,1-3H3. The zero-order valence-corrected chi connectivity index (χ0v) is 13.1. The fraction of sp³-hybridized carbons (Fsp3) is 0.714. The third-order valence-corrected chi connectivity index (χ3v) is 4.28. The van der Waals surface area contributed by atoms with Crippen molar-refractivity contribution in [3.63, 3.8) is 0 Å². The van der Waals surface area contributed by atoms with Gasteiger partial charge in [0.15, 0.2) is 5.78 Å². The molecule has 6 heteroatoms. The lowest BCUT2D eigenvalue weighted by atomic mass is 9.76. The van der Waals surface area contributed by atoms with Crippen molar-refractivity contribution in [1.29, 1.82) is 0 Å². The first-order chi connectivity index (χ1) is 9.47. The van der Waals surface area contributed by atoms with Gasteiger partial charge in [0.1, 0.15) is 5.69 Å². The summed E-state index contributed by atoms with van der Waals surface area (Å²) in [5.41, 5.74) is 0.230. The van der Waals surface area contributed by atoms with Crippen molar-refractivity contribution < 1.29 is 9.53 Å². The fourth-order valence-electron chi connectivity index (χ4n) is 2.50. The molecule has 5 nitrogen and oxygen atoms in total. The number of halogens is 1. The third-order valence-electron chi connectivity index (χ3n) is 4.00. The van der Waals surface area contributed by atoms with Gasteiger partial charge in [-0.2, -0.15) is 5.10 Å². The Morgan fingerprint density at radius 3 is 2.75 bits per heavy atom. The van der Waals surface area contributed by atoms with Crippen LogP contribution in [-0.4, -0.2) is 53.8 Å². The van der Waals surface area contributed by atoms with Crippen LogP contribution < -0.4 is 0 Å². The number of hydrogen-bond acceptors (Lipinski definition) is 4. The zero-order chi connectivity index (χ0) is 14.8. The van der Waals surface area contributed by atoms with Crippen LogP contribution in [0.1, 0.15) is 36.2 Å².